The maximum absolute atomic E-state index is 13.2. The van der Waals surface area contributed by atoms with Crippen molar-refractivity contribution in [1.82, 2.24) is 0 Å². The molecule has 0 spiro atoms. The Hall–Kier alpha value is -1.93. The van der Waals surface area contributed by atoms with Gasteiger partial charge in [-0.1, -0.05) is 13.8 Å². The number of amides is 1. The van der Waals surface area contributed by atoms with E-state index in [0.29, 0.717) is 24.6 Å². The van der Waals surface area contributed by atoms with Crippen molar-refractivity contribution in [2.24, 2.45) is 17.6 Å². The van der Waals surface area contributed by atoms with Crippen molar-refractivity contribution in [1.29, 1.82) is 5.26 Å². The van der Waals surface area contributed by atoms with Crippen molar-refractivity contribution in [3.05, 3.63) is 29.6 Å². The molecule has 1 atom stereocenters. The van der Waals surface area contributed by atoms with Gasteiger partial charge in [0.05, 0.1) is 5.56 Å². The van der Waals surface area contributed by atoms with Gasteiger partial charge >= 0.3 is 0 Å². The van der Waals surface area contributed by atoms with Crippen LogP contribution in [-0.4, -0.2) is 12.5 Å². The van der Waals surface area contributed by atoms with E-state index in [-0.39, 0.29) is 17.4 Å². The van der Waals surface area contributed by atoms with Crippen LogP contribution in [0.4, 0.5) is 10.1 Å². The number of hydrogen-bond donors (Lipinski definition) is 2. The van der Waals surface area contributed by atoms with Crippen LogP contribution in [-0.2, 0) is 4.79 Å². The molecule has 20 heavy (non-hydrogen) atoms. The summed E-state index contributed by atoms with van der Waals surface area (Å²) in [5.74, 6) is -0.153. The van der Waals surface area contributed by atoms with Crippen LogP contribution in [0, 0.1) is 29.0 Å². The highest BCUT2D eigenvalue weighted by molar-refractivity contribution is 5.91. The van der Waals surface area contributed by atoms with Crippen LogP contribution < -0.4 is 11.1 Å². The van der Waals surface area contributed by atoms with Crippen LogP contribution in [0.3, 0.4) is 0 Å². The van der Waals surface area contributed by atoms with Gasteiger partial charge in [0.2, 0.25) is 5.91 Å². The van der Waals surface area contributed by atoms with E-state index in [1.807, 2.05) is 0 Å². The van der Waals surface area contributed by atoms with Crippen molar-refractivity contribution >= 4 is 11.6 Å². The van der Waals surface area contributed by atoms with E-state index in [0.717, 1.165) is 6.42 Å². The number of nitriles is 1. The number of rotatable bonds is 6. The van der Waals surface area contributed by atoms with Gasteiger partial charge in [-0.2, -0.15) is 5.26 Å². The maximum atomic E-state index is 13.2. The smallest absolute Gasteiger partial charge is 0.224 e. The number of benzene rings is 1. The first kappa shape index (κ1) is 16.1. The zero-order valence-electron chi connectivity index (χ0n) is 11.8. The highest BCUT2D eigenvalue weighted by Crippen LogP contribution is 2.17. The molecule has 4 nitrogen and oxygen atoms in total. The maximum Gasteiger partial charge on any atom is 0.224 e. The normalized spacial score (nSPS) is 12.0. The number of carbonyl (C=O) groups excluding carboxylic acids is 1. The molecule has 0 saturated heterocycles. The standard InChI is InChI=1S/C15H20FN3O/c1-10(2)5-11(8-17)6-15(20)19-13-3-4-14(16)12(7-13)9-18/h3-4,7,10-11H,5-6,8,17H2,1-2H3,(H,19,20). The number of carbonyl (C=O) groups is 1. The molecule has 5 heteroatoms. The van der Waals surface area contributed by atoms with Gasteiger partial charge in [-0.15, -0.1) is 0 Å². The Morgan fingerprint density at radius 1 is 1.50 bits per heavy atom. The van der Waals surface area contributed by atoms with Crippen LogP contribution in [0.1, 0.15) is 32.3 Å². The zero-order valence-corrected chi connectivity index (χ0v) is 11.8. The number of anilines is 1. The van der Waals surface area contributed by atoms with Crippen LogP contribution in [0.2, 0.25) is 0 Å². The van der Waals surface area contributed by atoms with Crippen LogP contribution in [0.5, 0.6) is 0 Å². The van der Waals surface area contributed by atoms with Crippen molar-refractivity contribution in [3.8, 4) is 6.07 Å². The highest BCUT2D eigenvalue weighted by atomic mass is 19.1. The lowest BCUT2D eigenvalue weighted by atomic mass is 9.94. The fourth-order valence-corrected chi connectivity index (χ4v) is 2.09. The van der Waals surface area contributed by atoms with Gasteiger partial charge in [0.1, 0.15) is 11.9 Å². The summed E-state index contributed by atoms with van der Waals surface area (Å²) in [4.78, 5) is 11.9. The zero-order chi connectivity index (χ0) is 15.1. The molecule has 1 aromatic rings. The Balaban J connectivity index is 2.64. The third-order valence-corrected chi connectivity index (χ3v) is 2.98. The second-order valence-electron chi connectivity index (χ2n) is 5.29. The molecular weight excluding hydrogens is 257 g/mol. The third kappa shape index (κ3) is 4.98. The van der Waals surface area contributed by atoms with Gasteiger partial charge in [-0.25, -0.2) is 4.39 Å². The molecular formula is C15H20FN3O. The molecule has 3 N–H and O–H groups in total. The molecule has 1 amide bonds. The summed E-state index contributed by atoms with van der Waals surface area (Å²) in [6, 6.07) is 5.67. The third-order valence-electron chi connectivity index (χ3n) is 2.98. The summed E-state index contributed by atoms with van der Waals surface area (Å²) < 4.78 is 13.2. The first-order valence-electron chi connectivity index (χ1n) is 6.65. The quantitative estimate of drug-likeness (QED) is 0.839. The van der Waals surface area contributed by atoms with Gasteiger partial charge in [0, 0.05) is 12.1 Å². The Morgan fingerprint density at radius 3 is 2.75 bits per heavy atom. The number of nitrogens with zero attached hydrogens (tertiary/aromatic N) is 1. The molecule has 0 radical (unpaired) electrons. The summed E-state index contributed by atoms with van der Waals surface area (Å²) in [5.41, 5.74) is 6.00. The Morgan fingerprint density at radius 2 is 2.20 bits per heavy atom. The van der Waals surface area contributed by atoms with Crippen molar-refractivity contribution in [3.63, 3.8) is 0 Å². The van der Waals surface area contributed by atoms with Gasteiger partial charge in [0.25, 0.3) is 0 Å². The van der Waals surface area contributed by atoms with Gasteiger partial charge in [0.15, 0.2) is 0 Å². The lowest BCUT2D eigenvalue weighted by molar-refractivity contribution is -0.117. The van der Waals surface area contributed by atoms with E-state index in [4.69, 9.17) is 11.0 Å². The molecule has 1 unspecified atom stereocenters. The SMILES string of the molecule is CC(C)CC(CN)CC(=O)Nc1ccc(F)c(C#N)c1. The van der Waals surface area contributed by atoms with Gasteiger partial charge < -0.3 is 11.1 Å². The Kier molecular flexibility index (Phi) is 6.13. The van der Waals surface area contributed by atoms with E-state index >= 15 is 0 Å². The predicted molar refractivity (Wildman–Crippen MR) is 76.4 cm³/mol. The van der Waals surface area contributed by atoms with Crippen molar-refractivity contribution < 1.29 is 9.18 Å². The molecule has 0 aliphatic heterocycles. The average molecular weight is 277 g/mol. The summed E-state index contributed by atoms with van der Waals surface area (Å²) in [6.07, 6.45) is 1.21. The Labute approximate surface area is 118 Å². The molecule has 0 bridgehead atoms. The highest BCUT2D eigenvalue weighted by Gasteiger charge is 2.14. The lowest BCUT2D eigenvalue weighted by Crippen LogP contribution is -2.23. The minimum absolute atomic E-state index is 0.0830. The minimum Gasteiger partial charge on any atom is -0.330 e. The number of nitrogens with two attached hydrogens (primary N) is 1. The van der Waals surface area contributed by atoms with E-state index in [2.05, 4.69) is 19.2 Å². The molecule has 0 aliphatic carbocycles. The number of nitrogens with one attached hydrogen (secondary N) is 1. The fraction of sp³-hybridized carbons (Fsp3) is 0.467. The molecule has 0 saturated carbocycles. The molecule has 1 rings (SSSR count). The molecule has 0 aliphatic rings. The molecule has 1 aromatic carbocycles. The largest absolute Gasteiger partial charge is 0.330 e. The monoisotopic (exact) mass is 277 g/mol. The van der Waals surface area contributed by atoms with E-state index in [1.165, 1.54) is 18.2 Å². The van der Waals surface area contributed by atoms with Crippen molar-refractivity contribution in [2.45, 2.75) is 26.7 Å². The van der Waals surface area contributed by atoms with Crippen LogP contribution >= 0.6 is 0 Å². The molecule has 0 fully saturated rings. The van der Waals surface area contributed by atoms with Crippen molar-refractivity contribution in [2.75, 3.05) is 11.9 Å². The summed E-state index contributed by atoms with van der Waals surface area (Å²) in [7, 11) is 0. The summed E-state index contributed by atoms with van der Waals surface area (Å²) in [5, 5.41) is 11.4. The van der Waals surface area contributed by atoms with E-state index < -0.39 is 5.82 Å². The Bertz CT molecular complexity index is 508. The number of halogens is 1. The molecule has 108 valence electrons. The second kappa shape index (κ2) is 7.61. The van der Waals surface area contributed by atoms with Gasteiger partial charge in [-0.05, 0) is 43.0 Å². The van der Waals surface area contributed by atoms with Crippen LogP contribution in [0.25, 0.3) is 0 Å². The average Bonchev–Trinajstić information content (AvgIpc) is 2.39. The second-order valence-corrected chi connectivity index (χ2v) is 5.29. The minimum atomic E-state index is -0.592. The summed E-state index contributed by atoms with van der Waals surface area (Å²) in [6.45, 7) is 4.62. The van der Waals surface area contributed by atoms with Gasteiger partial charge in [-0.3, -0.25) is 4.79 Å². The summed E-state index contributed by atoms with van der Waals surface area (Å²) >= 11 is 0. The molecule has 0 heterocycles. The first-order valence-corrected chi connectivity index (χ1v) is 6.65. The topological polar surface area (TPSA) is 78.9 Å². The van der Waals surface area contributed by atoms with Crippen LogP contribution in [0.15, 0.2) is 18.2 Å². The first-order chi connectivity index (χ1) is 9.46. The predicted octanol–water partition coefficient (Wildman–Crippen LogP) is 2.65. The van der Waals surface area contributed by atoms with E-state index in [9.17, 15) is 9.18 Å². The molecule has 0 aromatic heterocycles. The number of hydrogen-bond acceptors (Lipinski definition) is 3. The van der Waals surface area contributed by atoms with E-state index in [1.54, 1.807) is 6.07 Å². The lowest BCUT2D eigenvalue weighted by Gasteiger charge is -2.16. The fourth-order valence-electron chi connectivity index (χ4n) is 2.09.